The minimum Gasteiger partial charge on any atom is -0.465 e. The Morgan fingerprint density at radius 3 is 2.91 bits per heavy atom. The van der Waals surface area contributed by atoms with Gasteiger partial charge < -0.3 is 9.47 Å². The lowest BCUT2D eigenvalue weighted by atomic mass is 9.84. The number of hydrogen-bond donors (Lipinski definition) is 0. The van der Waals surface area contributed by atoms with Crippen LogP contribution < -0.4 is 0 Å². The highest BCUT2D eigenvalue weighted by molar-refractivity contribution is 5.74. The smallest absolute Gasteiger partial charge is 0.311 e. The molecule has 0 radical (unpaired) electrons. The molecule has 3 heteroatoms. The van der Waals surface area contributed by atoms with Crippen molar-refractivity contribution in [3.63, 3.8) is 0 Å². The molecule has 4 aliphatic rings. The molecule has 60 valence electrons. The maximum absolute atomic E-state index is 11.2. The fraction of sp³-hybridized carbons (Fsp3) is 0.875. The van der Waals surface area contributed by atoms with Gasteiger partial charge >= 0.3 is 5.97 Å². The summed E-state index contributed by atoms with van der Waals surface area (Å²) in [7, 11) is 0. The molecule has 4 unspecified atom stereocenters. The second-order valence-corrected chi connectivity index (χ2v) is 3.68. The first-order valence-corrected chi connectivity index (χ1v) is 4.16. The van der Waals surface area contributed by atoms with E-state index in [0.717, 1.165) is 12.8 Å². The molecule has 0 amide bonds. The van der Waals surface area contributed by atoms with E-state index in [9.17, 15) is 4.79 Å². The number of carbonyl (C=O) groups excluding carboxylic acids is 1. The van der Waals surface area contributed by atoms with Crippen LogP contribution in [0.5, 0.6) is 0 Å². The predicted molar refractivity (Wildman–Crippen MR) is 35.8 cm³/mol. The van der Waals surface area contributed by atoms with Crippen LogP contribution in [-0.2, 0) is 14.3 Å². The van der Waals surface area contributed by atoms with Gasteiger partial charge in [-0.15, -0.1) is 0 Å². The maximum atomic E-state index is 11.2. The molecule has 4 rings (SSSR count). The summed E-state index contributed by atoms with van der Waals surface area (Å²) < 4.78 is 10.7. The molecular formula is C8H10O3. The van der Waals surface area contributed by atoms with E-state index in [1.54, 1.807) is 0 Å². The van der Waals surface area contributed by atoms with Crippen LogP contribution in [0.1, 0.15) is 12.8 Å². The number of esters is 1. The Hall–Kier alpha value is -0.570. The quantitative estimate of drug-likeness (QED) is 0.472. The van der Waals surface area contributed by atoms with Crippen molar-refractivity contribution in [2.45, 2.75) is 25.0 Å². The molecule has 4 bridgehead atoms. The second kappa shape index (κ2) is 1.78. The van der Waals surface area contributed by atoms with Gasteiger partial charge in [0.15, 0.2) is 0 Å². The molecule has 4 aliphatic heterocycles. The van der Waals surface area contributed by atoms with E-state index in [4.69, 9.17) is 9.47 Å². The zero-order chi connectivity index (χ0) is 7.42. The largest absolute Gasteiger partial charge is 0.465 e. The van der Waals surface area contributed by atoms with Crippen molar-refractivity contribution in [3.8, 4) is 0 Å². The standard InChI is InChI=1S/C8H10O3/c9-8-5-2-6-4(3-10-8)1-7(5)11-6/h4-7H,1-3H2. The molecule has 4 fully saturated rings. The summed E-state index contributed by atoms with van der Waals surface area (Å²) in [5.41, 5.74) is 0. The van der Waals surface area contributed by atoms with Crippen molar-refractivity contribution in [2.75, 3.05) is 6.61 Å². The lowest BCUT2D eigenvalue weighted by Crippen LogP contribution is -2.24. The molecule has 4 heterocycles. The molecule has 0 aromatic rings. The van der Waals surface area contributed by atoms with Gasteiger partial charge in [0.05, 0.1) is 24.7 Å². The summed E-state index contributed by atoms with van der Waals surface area (Å²) in [6.45, 7) is 0.594. The van der Waals surface area contributed by atoms with Crippen molar-refractivity contribution in [1.29, 1.82) is 0 Å². The van der Waals surface area contributed by atoms with Crippen molar-refractivity contribution < 1.29 is 14.3 Å². The fourth-order valence-electron chi connectivity index (χ4n) is 2.47. The van der Waals surface area contributed by atoms with Gasteiger partial charge in [-0.25, -0.2) is 0 Å². The van der Waals surface area contributed by atoms with Crippen LogP contribution in [0.25, 0.3) is 0 Å². The normalized spacial score (nSPS) is 52.9. The third kappa shape index (κ3) is 0.644. The minimum absolute atomic E-state index is 0.0301. The summed E-state index contributed by atoms with van der Waals surface area (Å²) in [5, 5.41) is 0. The van der Waals surface area contributed by atoms with Crippen LogP contribution in [0.3, 0.4) is 0 Å². The Labute approximate surface area is 64.7 Å². The number of hydrogen-bond acceptors (Lipinski definition) is 3. The highest BCUT2D eigenvalue weighted by atomic mass is 16.6. The summed E-state index contributed by atoms with van der Waals surface area (Å²) >= 11 is 0. The van der Waals surface area contributed by atoms with Gasteiger partial charge in [0.25, 0.3) is 0 Å². The monoisotopic (exact) mass is 154 g/mol. The van der Waals surface area contributed by atoms with E-state index < -0.39 is 0 Å². The second-order valence-electron chi connectivity index (χ2n) is 3.68. The van der Waals surface area contributed by atoms with Crippen LogP contribution in [0.15, 0.2) is 0 Å². The first kappa shape index (κ1) is 6.00. The van der Waals surface area contributed by atoms with Gasteiger partial charge in [0, 0.05) is 5.92 Å². The first-order chi connectivity index (χ1) is 5.34. The number of rotatable bonds is 0. The molecule has 0 aromatic heterocycles. The van der Waals surface area contributed by atoms with Crippen LogP contribution in [0, 0.1) is 11.8 Å². The Balaban J connectivity index is 2.00. The highest BCUT2D eigenvalue weighted by Crippen LogP contribution is 2.45. The predicted octanol–water partition coefficient (Wildman–Crippen LogP) is 0.337. The summed E-state index contributed by atoms with van der Waals surface area (Å²) in [6, 6.07) is 0. The van der Waals surface area contributed by atoms with Crippen LogP contribution in [-0.4, -0.2) is 24.8 Å². The Bertz CT molecular complexity index is 213. The molecule has 0 saturated carbocycles. The van der Waals surface area contributed by atoms with Crippen LogP contribution in [0.2, 0.25) is 0 Å². The molecular weight excluding hydrogens is 144 g/mol. The van der Waals surface area contributed by atoms with Gasteiger partial charge in [0.2, 0.25) is 0 Å². The topological polar surface area (TPSA) is 35.5 Å². The zero-order valence-corrected chi connectivity index (χ0v) is 6.16. The summed E-state index contributed by atoms with van der Waals surface area (Å²) in [5.74, 6) is 0.541. The van der Waals surface area contributed by atoms with Gasteiger partial charge in [-0.1, -0.05) is 0 Å². The van der Waals surface area contributed by atoms with Crippen molar-refractivity contribution in [2.24, 2.45) is 11.8 Å². The average molecular weight is 154 g/mol. The van der Waals surface area contributed by atoms with E-state index in [-0.39, 0.29) is 18.0 Å². The molecule has 0 spiro atoms. The number of fused-ring (bicyclic) bond motifs is 2. The Kier molecular flexibility index (Phi) is 0.969. The third-order valence-electron chi connectivity index (χ3n) is 3.09. The average Bonchev–Trinajstić information content (AvgIpc) is 2.50. The van der Waals surface area contributed by atoms with Crippen LogP contribution >= 0.6 is 0 Å². The number of carbonyl (C=O) groups is 1. The van der Waals surface area contributed by atoms with Crippen LogP contribution in [0.4, 0.5) is 0 Å². The summed E-state index contributed by atoms with van der Waals surface area (Å²) in [4.78, 5) is 11.2. The molecule has 11 heavy (non-hydrogen) atoms. The van der Waals surface area contributed by atoms with E-state index in [0.29, 0.717) is 18.6 Å². The Morgan fingerprint density at radius 1 is 1.27 bits per heavy atom. The number of ether oxygens (including phenoxy) is 2. The molecule has 0 N–H and O–H groups in total. The molecule has 4 atom stereocenters. The molecule has 4 saturated heterocycles. The molecule has 0 aliphatic carbocycles. The first-order valence-electron chi connectivity index (χ1n) is 4.16. The van der Waals surface area contributed by atoms with Gasteiger partial charge in [-0.05, 0) is 12.8 Å². The van der Waals surface area contributed by atoms with Gasteiger partial charge in [0.1, 0.15) is 0 Å². The SMILES string of the molecule is O=C1OCC2CC3OC2CC13. The van der Waals surface area contributed by atoms with Crippen molar-refractivity contribution >= 4 is 5.97 Å². The van der Waals surface area contributed by atoms with Crippen molar-refractivity contribution in [1.82, 2.24) is 0 Å². The van der Waals surface area contributed by atoms with Gasteiger partial charge in [-0.3, -0.25) is 4.79 Å². The van der Waals surface area contributed by atoms with Gasteiger partial charge in [-0.2, -0.15) is 0 Å². The lowest BCUT2D eigenvalue weighted by molar-refractivity contribution is -0.149. The highest BCUT2D eigenvalue weighted by Gasteiger charge is 2.53. The lowest BCUT2D eigenvalue weighted by Gasteiger charge is -2.13. The van der Waals surface area contributed by atoms with E-state index >= 15 is 0 Å². The Morgan fingerprint density at radius 2 is 2.18 bits per heavy atom. The fourth-order valence-corrected chi connectivity index (χ4v) is 2.47. The van der Waals surface area contributed by atoms with E-state index in [2.05, 4.69) is 0 Å². The molecule has 0 aromatic carbocycles. The maximum Gasteiger partial charge on any atom is 0.311 e. The van der Waals surface area contributed by atoms with Crippen molar-refractivity contribution in [3.05, 3.63) is 0 Å². The van der Waals surface area contributed by atoms with E-state index in [1.807, 2.05) is 0 Å². The molecule has 3 nitrogen and oxygen atoms in total. The zero-order valence-electron chi connectivity index (χ0n) is 6.16. The summed E-state index contributed by atoms with van der Waals surface area (Å²) in [6.07, 6.45) is 2.48. The van der Waals surface area contributed by atoms with E-state index in [1.165, 1.54) is 0 Å². The third-order valence-corrected chi connectivity index (χ3v) is 3.09. The minimum atomic E-state index is -0.0301.